The maximum Gasteiger partial charge on any atom is 0.264 e. The summed E-state index contributed by atoms with van der Waals surface area (Å²) in [6, 6.07) is 3.87. The molecule has 1 saturated heterocycles. The average Bonchev–Trinajstić information content (AvgIpc) is 3.32. The van der Waals surface area contributed by atoms with Crippen molar-refractivity contribution in [3.8, 4) is 0 Å². The summed E-state index contributed by atoms with van der Waals surface area (Å²) in [5.74, 6) is -0.952. The summed E-state index contributed by atoms with van der Waals surface area (Å²) < 4.78 is 49.5. The van der Waals surface area contributed by atoms with Crippen LogP contribution in [0.3, 0.4) is 0 Å². The first-order valence-corrected chi connectivity index (χ1v) is 14.9. The zero-order chi connectivity index (χ0) is 27.0. The topological polar surface area (TPSA) is 104 Å². The van der Waals surface area contributed by atoms with Gasteiger partial charge >= 0.3 is 0 Å². The molecule has 1 aromatic carbocycles. The Bertz CT molecular complexity index is 1400. The van der Waals surface area contributed by atoms with Crippen LogP contribution in [0.25, 0.3) is 0 Å². The summed E-state index contributed by atoms with van der Waals surface area (Å²) in [4.78, 5) is 15.1. The lowest BCUT2D eigenvalue weighted by molar-refractivity contribution is -0.123. The third-order valence-corrected chi connectivity index (χ3v) is 8.27. The summed E-state index contributed by atoms with van der Waals surface area (Å²) in [6.07, 6.45) is 8.16. The number of allylic oxidation sites excluding steroid dienone is 2. The molecule has 0 amide bonds. The molecular formula is C26H30ClFN4O5S. The second-order valence-corrected chi connectivity index (χ2v) is 12.0. The Morgan fingerprint density at radius 2 is 2.13 bits per heavy atom. The predicted octanol–water partition coefficient (Wildman–Crippen LogP) is 3.64. The van der Waals surface area contributed by atoms with E-state index in [1.807, 2.05) is 24.0 Å². The van der Waals surface area contributed by atoms with E-state index in [2.05, 4.69) is 10.3 Å². The van der Waals surface area contributed by atoms with Crippen molar-refractivity contribution in [3.63, 3.8) is 0 Å². The SMILES string of the molecule is CC(c1ccc(F)cc1COS(C)(=O)=O)n1nnc2c1CCN(C1=C(Cl)C(=O)C(C3CCCCO3)C=C1)C2. The molecule has 0 radical (unpaired) electrons. The van der Waals surface area contributed by atoms with Gasteiger partial charge in [0.25, 0.3) is 10.1 Å². The Kier molecular flexibility index (Phi) is 7.72. The smallest absolute Gasteiger partial charge is 0.264 e. The number of ether oxygens (including phenoxy) is 1. The molecule has 204 valence electrons. The Labute approximate surface area is 226 Å². The van der Waals surface area contributed by atoms with Crippen LogP contribution >= 0.6 is 11.6 Å². The molecule has 3 unspecified atom stereocenters. The Balaban J connectivity index is 1.34. The summed E-state index contributed by atoms with van der Waals surface area (Å²) >= 11 is 6.59. The number of hydrogen-bond acceptors (Lipinski definition) is 8. The molecule has 9 nitrogen and oxygen atoms in total. The first-order chi connectivity index (χ1) is 18.1. The normalized spacial score (nSPS) is 23.1. The van der Waals surface area contributed by atoms with Gasteiger partial charge in [0.15, 0.2) is 5.78 Å². The third kappa shape index (κ3) is 5.56. The predicted molar refractivity (Wildman–Crippen MR) is 138 cm³/mol. The Morgan fingerprint density at radius 3 is 2.87 bits per heavy atom. The van der Waals surface area contributed by atoms with Gasteiger partial charge in [-0.25, -0.2) is 9.07 Å². The fourth-order valence-corrected chi connectivity index (χ4v) is 6.02. The summed E-state index contributed by atoms with van der Waals surface area (Å²) in [5.41, 5.74) is 3.46. The Hall–Kier alpha value is -2.60. The molecule has 3 aliphatic rings. The number of carbonyl (C=O) groups excluding carboxylic acids is 1. The maximum absolute atomic E-state index is 14.0. The molecule has 1 aliphatic carbocycles. The number of Topliss-reactive ketones (excluding diaryl/α,β-unsaturated/α-hetero) is 1. The lowest BCUT2D eigenvalue weighted by Gasteiger charge is -2.34. The minimum absolute atomic E-state index is 0.112. The number of nitrogens with zero attached hydrogens (tertiary/aromatic N) is 4. The van der Waals surface area contributed by atoms with Gasteiger partial charge in [-0.2, -0.15) is 8.42 Å². The fourth-order valence-electron chi connectivity index (χ4n) is 5.37. The minimum Gasteiger partial charge on any atom is -0.377 e. The lowest BCUT2D eigenvalue weighted by Crippen LogP contribution is -2.37. The summed E-state index contributed by atoms with van der Waals surface area (Å²) in [6.45, 7) is 3.33. The van der Waals surface area contributed by atoms with Crippen LogP contribution in [-0.4, -0.2) is 59.6 Å². The van der Waals surface area contributed by atoms with E-state index in [1.54, 1.807) is 10.7 Å². The van der Waals surface area contributed by atoms with Crippen LogP contribution in [0.5, 0.6) is 0 Å². The second-order valence-electron chi connectivity index (χ2n) is 9.94. The number of hydrogen-bond donors (Lipinski definition) is 0. The van der Waals surface area contributed by atoms with Gasteiger partial charge in [0.05, 0.1) is 48.9 Å². The average molecular weight is 565 g/mol. The van der Waals surface area contributed by atoms with Crippen LogP contribution < -0.4 is 0 Å². The minimum atomic E-state index is -3.70. The van der Waals surface area contributed by atoms with Crippen LogP contribution in [-0.2, 0) is 43.4 Å². The van der Waals surface area contributed by atoms with Crippen molar-refractivity contribution in [1.82, 2.24) is 19.9 Å². The van der Waals surface area contributed by atoms with Crippen molar-refractivity contribution in [1.29, 1.82) is 0 Å². The van der Waals surface area contributed by atoms with Gasteiger partial charge in [0.2, 0.25) is 0 Å². The number of rotatable bonds is 7. The van der Waals surface area contributed by atoms with E-state index < -0.39 is 15.9 Å². The van der Waals surface area contributed by atoms with Crippen molar-refractivity contribution < 1.29 is 26.5 Å². The van der Waals surface area contributed by atoms with Gasteiger partial charge < -0.3 is 9.64 Å². The number of carbonyl (C=O) groups is 1. The third-order valence-electron chi connectivity index (χ3n) is 7.34. The molecule has 12 heteroatoms. The van der Waals surface area contributed by atoms with E-state index in [0.717, 1.165) is 36.9 Å². The van der Waals surface area contributed by atoms with Gasteiger partial charge in [-0.05, 0) is 55.5 Å². The molecule has 1 aromatic heterocycles. The van der Waals surface area contributed by atoms with Gasteiger partial charge in [-0.15, -0.1) is 5.10 Å². The highest BCUT2D eigenvalue weighted by molar-refractivity contribution is 7.85. The molecule has 0 saturated carbocycles. The molecule has 0 bridgehead atoms. The number of halogens is 2. The van der Waals surface area contributed by atoms with Crippen molar-refractivity contribution in [2.75, 3.05) is 19.4 Å². The number of ketones is 1. The lowest BCUT2D eigenvalue weighted by atomic mass is 9.88. The molecule has 3 atom stereocenters. The second kappa shape index (κ2) is 10.9. The highest BCUT2D eigenvalue weighted by Gasteiger charge is 2.35. The van der Waals surface area contributed by atoms with E-state index in [0.29, 0.717) is 42.9 Å². The summed E-state index contributed by atoms with van der Waals surface area (Å²) in [5, 5.41) is 8.98. The molecule has 2 aromatic rings. The highest BCUT2D eigenvalue weighted by atomic mass is 35.5. The van der Waals surface area contributed by atoms with Crippen molar-refractivity contribution in [2.45, 2.75) is 57.9 Å². The zero-order valence-electron chi connectivity index (χ0n) is 21.3. The number of fused-ring (bicyclic) bond motifs is 1. The molecule has 2 aliphatic heterocycles. The molecule has 0 spiro atoms. The molecule has 38 heavy (non-hydrogen) atoms. The van der Waals surface area contributed by atoms with E-state index in [-0.39, 0.29) is 35.5 Å². The van der Waals surface area contributed by atoms with Crippen LogP contribution in [0.4, 0.5) is 4.39 Å². The van der Waals surface area contributed by atoms with Gasteiger partial charge in [0.1, 0.15) is 16.5 Å². The van der Waals surface area contributed by atoms with Crippen molar-refractivity contribution >= 4 is 27.5 Å². The fraction of sp³-hybridized carbons (Fsp3) is 0.500. The van der Waals surface area contributed by atoms with Crippen LogP contribution in [0, 0.1) is 11.7 Å². The van der Waals surface area contributed by atoms with Gasteiger partial charge in [0, 0.05) is 19.6 Å². The molecule has 3 heterocycles. The standard InChI is InChI=1S/C26H30ClFN4O5S/c1-16(19-7-6-18(28)13-17(19)15-37-38(2,34)35)32-22-10-11-31(14-21(22)29-30-32)23-9-8-20(26(33)25(23)27)24-5-3-4-12-36-24/h6-9,13,16,20,24H,3-5,10-12,14-15H2,1-2H3. The first-order valence-electron chi connectivity index (χ1n) is 12.7. The quantitative estimate of drug-likeness (QED) is 0.470. The summed E-state index contributed by atoms with van der Waals surface area (Å²) in [7, 11) is -3.70. The van der Waals surface area contributed by atoms with E-state index >= 15 is 0 Å². The van der Waals surface area contributed by atoms with Crippen LogP contribution in [0.2, 0.25) is 0 Å². The van der Waals surface area contributed by atoms with Crippen molar-refractivity contribution in [2.24, 2.45) is 5.92 Å². The monoisotopic (exact) mass is 564 g/mol. The maximum atomic E-state index is 14.0. The first kappa shape index (κ1) is 27.0. The van der Waals surface area contributed by atoms with E-state index in [9.17, 15) is 17.6 Å². The zero-order valence-corrected chi connectivity index (χ0v) is 22.8. The largest absolute Gasteiger partial charge is 0.377 e. The van der Waals surface area contributed by atoms with Gasteiger partial charge in [-0.1, -0.05) is 29.0 Å². The van der Waals surface area contributed by atoms with E-state index in [1.165, 1.54) is 12.1 Å². The van der Waals surface area contributed by atoms with Crippen molar-refractivity contribution in [3.05, 3.63) is 69.4 Å². The van der Waals surface area contributed by atoms with E-state index in [4.69, 9.17) is 20.5 Å². The molecular weight excluding hydrogens is 535 g/mol. The van der Waals surface area contributed by atoms with Crippen LogP contribution in [0.1, 0.15) is 54.7 Å². The highest BCUT2D eigenvalue weighted by Crippen LogP contribution is 2.34. The molecule has 1 fully saturated rings. The molecule has 0 N–H and O–H groups in total. The van der Waals surface area contributed by atoms with Crippen LogP contribution in [0.15, 0.2) is 41.1 Å². The number of aromatic nitrogens is 3. The molecule has 5 rings (SSSR count). The Morgan fingerprint density at radius 1 is 1.32 bits per heavy atom. The number of benzene rings is 1. The van der Waals surface area contributed by atoms with Gasteiger partial charge in [-0.3, -0.25) is 8.98 Å².